The van der Waals surface area contributed by atoms with Gasteiger partial charge < -0.3 is 20.5 Å². The van der Waals surface area contributed by atoms with E-state index in [2.05, 4.69) is 0 Å². The molecule has 2 atom stereocenters. The van der Waals surface area contributed by atoms with Crippen molar-refractivity contribution in [1.29, 1.82) is 10.8 Å². The summed E-state index contributed by atoms with van der Waals surface area (Å²) in [6, 6.07) is 18.7. The smallest absolute Gasteiger partial charge is 0.311 e. The molecule has 0 saturated carbocycles. The fourth-order valence-corrected chi connectivity index (χ4v) is 4.27. The summed E-state index contributed by atoms with van der Waals surface area (Å²) in [5, 5.41) is 27.2. The number of nitrogen functional groups attached to an aromatic ring is 1. The van der Waals surface area contributed by atoms with Crippen LogP contribution in [0.5, 0.6) is 5.75 Å². The highest BCUT2D eigenvalue weighted by molar-refractivity contribution is 5.99. The molecular weight excluding hydrogens is 416 g/mol. The number of nitrogens with one attached hydrogen (secondary N) is 2. The van der Waals surface area contributed by atoms with Gasteiger partial charge in [-0.15, -0.1) is 0 Å². The van der Waals surface area contributed by atoms with Gasteiger partial charge in [0, 0.05) is 18.5 Å². The molecule has 1 fully saturated rings. The van der Waals surface area contributed by atoms with E-state index in [1.54, 1.807) is 6.92 Å². The van der Waals surface area contributed by atoms with E-state index in [-0.39, 0.29) is 11.9 Å². The molecule has 0 aromatic heterocycles. The number of aliphatic carboxylic acids is 1. The highest BCUT2D eigenvalue weighted by Gasteiger charge is 2.25. The van der Waals surface area contributed by atoms with E-state index >= 15 is 0 Å². The van der Waals surface area contributed by atoms with Crippen LogP contribution in [0.4, 0.5) is 0 Å². The predicted molar refractivity (Wildman–Crippen MR) is 129 cm³/mol. The number of likely N-dealkylation sites (tertiary alicyclic amines) is 1. The summed E-state index contributed by atoms with van der Waals surface area (Å²) < 4.78 is 6.03. The quantitative estimate of drug-likeness (QED) is 0.324. The predicted octanol–water partition coefficient (Wildman–Crippen LogP) is 3.99. The SMILES string of the molecule is CC(=N)N1CCC(Oc2ccc(C(Cc3ccc4ccc(C(=N)N)cc4c3)C(=O)O)cc2)C1. The molecule has 0 bridgehead atoms. The summed E-state index contributed by atoms with van der Waals surface area (Å²) in [6.07, 6.45) is 1.25. The van der Waals surface area contributed by atoms with Crippen molar-refractivity contribution in [2.45, 2.75) is 31.8 Å². The normalized spacial score (nSPS) is 16.5. The van der Waals surface area contributed by atoms with Crippen molar-refractivity contribution in [3.63, 3.8) is 0 Å². The maximum absolute atomic E-state index is 12.1. The Kier molecular flexibility index (Phi) is 6.31. The van der Waals surface area contributed by atoms with Gasteiger partial charge in [0.05, 0.1) is 18.3 Å². The van der Waals surface area contributed by atoms with Gasteiger partial charge in [-0.05, 0) is 53.4 Å². The van der Waals surface area contributed by atoms with E-state index in [0.717, 1.165) is 34.9 Å². The van der Waals surface area contributed by atoms with Crippen LogP contribution in [0.1, 0.15) is 36.0 Å². The average molecular weight is 445 g/mol. The first kappa shape index (κ1) is 22.3. The number of nitrogens with two attached hydrogens (primary N) is 1. The van der Waals surface area contributed by atoms with E-state index in [1.807, 2.05) is 65.6 Å². The van der Waals surface area contributed by atoms with E-state index in [9.17, 15) is 9.90 Å². The largest absolute Gasteiger partial charge is 0.489 e. The summed E-state index contributed by atoms with van der Waals surface area (Å²) in [7, 11) is 0. The lowest BCUT2D eigenvalue weighted by Crippen LogP contribution is -2.28. The third-order valence-electron chi connectivity index (χ3n) is 6.16. The maximum Gasteiger partial charge on any atom is 0.311 e. The van der Waals surface area contributed by atoms with Crippen LogP contribution < -0.4 is 10.5 Å². The molecule has 0 radical (unpaired) electrons. The molecule has 1 heterocycles. The van der Waals surface area contributed by atoms with Gasteiger partial charge in [-0.3, -0.25) is 15.6 Å². The van der Waals surface area contributed by atoms with Crippen LogP contribution >= 0.6 is 0 Å². The van der Waals surface area contributed by atoms with Crippen molar-refractivity contribution in [2.24, 2.45) is 5.73 Å². The molecule has 4 rings (SSSR count). The second kappa shape index (κ2) is 9.32. The van der Waals surface area contributed by atoms with E-state index < -0.39 is 11.9 Å². The zero-order valence-electron chi connectivity index (χ0n) is 18.5. The second-order valence-corrected chi connectivity index (χ2v) is 8.53. The van der Waals surface area contributed by atoms with Gasteiger partial charge in [-0.1, -0.05) is 42.5 Å². The molecule has 2 unspecified atom stereocenters. The van der Waals surface area contributed by atoms with E-state index in [0.29, 0.717) is 30.1 Å². The Hall–Kier alpha value is -3.87. The molecule has 0 aliphatic carbocycles. The van der Waals surface area contributed by atoms with Gasteiger partial charge in [0.25, 0.3) is 0 Å². The standard InChI is InChI=1S/C26H28N4O3/c1-16(27)30-11-10-23(15-30)33-22-8-6-19(7-9-22)24(26(31)32)13-17-2-3-18-4-5-20(25(28)29)14-21(18)12-17/h2-9,12,14,23-24,27H,10-11,13,15H2,1H3,(H3,28,29)(H,31,32). The minimum absolute atomic E-state index is 0.00583. The van der Waals surface area contributed by atoms with Crippen molar-refractivity contribution in [1.82, 2.24) is 4.90 Å². The Morgan fingerprint density at radius 3 is 2.48 bits per heavy atom. The van der Waals surface area contributed by atoms with Crippen molar-refractivity contribution < 1.29 is 14.6 Å². The molecule has 0 spiro atoms. The molecule has 3 aromatic carbocycles. The molecule has 33 heavy (non-hydrogen) atoms. The Morgan fingerprint density at radius 1 is 1.12 bits per heavy atom. The molecule has 7 nitrogen and oxygen atoms in total. The van der Waals surface area contributed by atoms with Crippen molar-refractivity contribution in [3.8, 4) is 5.75 Å². The lowest BCUT2D eigenvalue weighted by atomic mass is 9.91. The monoisotopic (exact) mass is 444 g/mol. The number of carbonyl (C=O) groups is 1. The van der Waals surface area contributed by atoms with Crippen molar-refractivity contribution in [3.05, 3.63) is 77.4 Å². The fourth-order valence-electron chi connectivity index (χ4n) is 4.27. The molecule has 1 saturated heterocycles. The number of rotatable bonds is 7. The van der Waals surface area contributed by atoms with Crippen LogP contribution in [0.15, 0.2) is 60.7 Å². The van der Waals surface area contributed by atoms with Crippen LogP contribution in [0.2, 0.25) is 0 Å². The fraction of sp³-hybridized carbons (Fsp3) is 0.269. The average Bonchev–Trinajstić information content (AvgIpc) is 3.26. The number of nitrogens with zero attached hydrogens (tertiary/aromatic N) is 1. The molecule has 5 N–H and O–H groups in total. The van der Waals surface area contributed by atoms with Gasteiger partial charge in [-0.25, -0.2) is 0 Å². The molecule has 7 heteroatoms. The first-order valence-corrected chi connectivity index (χ1v) is 11.0. The van der Waals surface area contributed by atoms with Gasteiger partial charge >= 0.3 is 5.97 Å². The lowest BCUT2D eigenvalue weighted by molar-refractivity contribution is -0.138. The molecule has 0 amide bonds. The number of fused-ring (bicyclic) bond motifs is 1. The minimum atomic E-state index is -0.880. The minimum Gasteiger partial charge on any atom is -0.489 e. The second-order valence-electron chi connectivity index (χ2n) is 8.53. The summed E-state index contributed by atoms with van der Waals surface area (Å²) in [5.74, 6) is -0.303. The van der Waals surface area contributed by atoms with E-state index in [4.69, 9.17) is 21.3 Å². The zero-order valence-corrected chi connectivity index (χ0v) is 18.5. The summed E-state index contributed by atoms with van der Waals surface area (Å²) in [4.78, 5) is 14.1. The number of ether oxygens (including phenoxy) is 1. The molecular formula is C26H28N4O3. The van der Waals surface area contributed by atoms with Crippen LogP contribution in [-0.2, 0) is 11.2 Å². The number of benzene rings is 3. The zero-order chi connectivity index (χ0) is 23.5. The first-order valence-electron chi connectivity index (χ1n) is 11.0. The Labute approximate surface area is 192 Å². The van der Waals surface area contributed by atoms with Crippen LogP contribution in [0, 0.1) is 10.8 Å². The summed E-state index contributed by atoms with van der Waals surface area (Å²) in [6.45, 7) is 3.29. The lowest BCUT2D eigenvalue weighted by Gasteiger charge is -2.18. The van der Waals surface area contributed by atoms with Crippen LogP contribution in [0.25, 0.3) is 10.8 Å². The molecule has 170 valence electrons. The highest BCUT2D eigenvalue weighted by Crippen LogP contribution is 2.27. The molecule has 1 aliphatic heterocycles. The maximum atomic E-state index is 12.1. The van der Waals surface area contributed by atoms with Gasteiger partial charge in [0.2, 0.25) is 0 Å². The summed E-state index contributed by atoms with van der Waals surface area (Å²) >= 11 is 0. The van der Waals surface area contributed by atoms with Crippen LogP contribution in [-0.4, -0.2) is 46.8 Å². The Morgan fingerprint density at radius 2 is 1.85 bits per heavy atom. The van der Waals surface area contributed by atoms with Crippen LogP contribution in [0.3, 0.4) is 0 Å². The third kappa shape index (κ3) is 5.14. The van der Waals surface area contributed by atoms with Gasteiger partial charge in [0.1, 0.15) is 17.7 Å². The number of amidine groups is 2. The molecule has 1 aliphatic rings. The van der Waals surface area contributed by atoms with Crippen molar-refractivity contribution >= 4 is 28.4 Å². The first-order chi connectivity index (χ1) is 15.8. The number of carboxylic acid groups (broad SMARTS) is 1. The van der Waals surface area contributed by atoms with Gasteiger partial charge in [-0.2, -0.15) is 0 Å². The van der Waals surface area contributed by atoms with E-state index in [1.165, 1.54) is 0 Å². The Bertz CT molecular complexity index is 1210. The topological polar surface area (TPSA) is 123 Å². The Balaban J connectivity index is 1.49. The number of hydrogen-bond acceptors (Lipinski definition) is 4. The summed E-state index contributed by atoms with van der Waals surface area (Å²) in [5.41, 5.74) is 7.88. The third-order valence-corrected chi connectivity index (χ3v) is 6.16. The highest BCUT2D eigenvalue weighted by atomic mass is 16.5. The van der Waals surface area contributed by atoms with Gasteiger partial charge in [0.15, 0.2) is 0 Å². The number of hydrogen-bond donors (Lipinski definition) is 4. The molecule has 3 aromatic rings. The number of carboxylic acids is 1. The van der Waals surface area contributed by atoms with Crippen molar-refractivity contribution in [2.75, 3.05) is 13.1 Å².